The van der Waals surface area contributed by atoms with Gasteiger partial charge in [-0.1, -0.05) is 38.1 Å². The molecule has 4 rings (SSSR count). The van der Waals surface area contributed by atoms with Crippen molar-refractivity contribution >= 4 is 5.91 Å². The first kappa shape index (κ1) is 20.9. The molecule has 1 N–H and O–H groups in total. The number of likely N-dealkylation sites (tertiary alicyclic amines) is 1. The van der Waals surface area contributed by atoms with Gasteiger partial charge in [0.05, 0.1) is 17.6 Å². The maximum absolute atomic E-state index is 14.1. The topological polar surface area (TPSA) is 41.6 Å². The summed E-state index contributed by atoms with van der Waals surface area (Å²) in [6, 6.07) is 9.05. The summed E-state index contributed by atoms with van der Waals surface area (Å²) in [4.78, 5) is 16.4. The fraction of sp³-hybridized carbons (Fsp3) is 0.720. The van der Waals surface area contributed by atoms with Crippen LogP contribution in [0, 0.1) is 5.92 Å². The number of nitrogens with zero attached hydrogens (tertiary/aromatic N) is 1. The lowest BCUT2D eigenvalue weighted by molar-refractivity contribution is -0.153. The lowest BCUT2D eigenvalue weighted by Gasteiger charge is -2.49. The van der Waals surface area contributed by atoms with Crippen LogP contribution in [0.5, 0.6) is 0 Å². The van der Waals surface area contributed by atoms with Crippen LogP contribution in [0.15, 0.2) is 24.3 Å². The van der Waals surface area contributed by atoms with E-state index in [1.165, 1.54) is 24.0 Å². The molecule has 2 fully saturated rings. The van der Waals surface area contributed by atoms with Crippen molar-refractivity contribution in [3.8, 4) is 0 Å². The number of fused-ring (bicyclic) bond motifs is 2. The molecule has 2 heterocycles. The molecule has 0 aromatic heterocycles. The number of methoxy groups -OCH3 is 1. The summed E-state index contributed by atoms with van der Waals surface area (Å²) in [5, 5.41) is 3.61. The molecule has 4 heteroatoms. The Morgan fingerprint density at radius 3 is 2.79 bits per heavy atom. The normalized spacial score (nSPS) is 29.8. The van der Waals surface area contributed by atoms with Crippen molar-refractivity contribution in [1.29, 1.82) is 0 Å². The molecule has 3 aliphatic rings. The summed E-state index contributed by atoms with van der Waals surface area (Å²) in [5.74, 6) is 0.396. The molecule has 1 aromatic rings. The molecule has 0 saturated carbocycles. The lowest BCUT2D eigenvalue weighted by atomic mass is 9.64. The smallest absolute Gasteiger partial charge is 0.228 e. The predicted molar refractivity (Wildman–Crippen MR) is 117 cm³/mol. The Morgan fingerprint density at radius 2 is 2.03 bits per heavy atom. The Hall–Kier alpha value is -1.39. The van der Waals surface area contributed by atoms with Crippen LogP contribution >= 0.6 is 0 Å². The minimum atomic E-state index is -0.222. The number of piperidine rings is 1. The van der Waals surface area contributed by atoms with Gasteiger partial charge in [0.1, 0.15) is 0 Å². The van der Waals surface area contributed by atoms with E-state index in [0.717, 1.165) is 58.2 Å². The van der Waals surface area contributed by atoms with Crippen molar-refractivity contribution in [3.05, 3.63) is 35.4 Å². The quantitative estimate of drug-likeness (QED) is 0.813. The van der Waals surface area contributed by atoms with Crippen LogP contribution in [0.25, 0.3) is 0 Å². The molecule has 1 spiro atoms. The lowest BCUT2D eigenvalue weighted by Crippen LogP contribution is -2.60. The number of benzene rings is 1. The first-order valence-corrected chi connectivity index (χ1v) is 11.8. The molecule has 3 atom stereocenters. The molecule has 2 saturated heterocycles. The average Bonchev–Trinajstić information content (AvgIpc) is 3.19. The molecule has 4 nitrogen and oxygen atoms in total. The average molecular weight is 399 g/mol. The van der Waals surface area contributed by atoms with E-state index < -0.39 is 0 Å². The van der Waals surface area contributed by atoms with E-state index in [4.69, 9.17) is 4.74 Å². The van der Waals surface area contributed by atoms with Gasteiger partial charge in [-0.3, -0.25) is 4.79 Å². The van der Waals surface area contributed by atoms with Crippen LogP contribution in [-0.2, 0) is 21.4 Å². The van der Waals surface area contributed by atoms with Crippen LogP contribution in [0.3, 0.4) is 0 Å². The van der Waals surface area contributed by atoms with Gasteiger partial charge in [0, 0.05) is 32.2 Å². The third kappa shape index (κ3) is 3.33. The van der Waals surface area contributed by atoms with Crippen molar-refractivity contribution in [3.63, 3.8) is 0 Å². The summed E-state index contributed by atoms with van der Waals surface area (Å²) in [6.07, 6.45) is 8.70. The van der Waals surface area contributed by atoms with Gasteiger partial charge in [-0.05, 0) is 62.5 Å². The molecule has 0 bridgehead atoms. The Balaban J connectivity index is 1.68. The van der Waals surface area contributed by atoms with Gasteiger partial charge in [0.15, 0.2) is 0 Å². The molecular weight excluding hydrogens is 360 g/mol. The second kappa shape index (κ2) is 8.39. The third-order valence-corrected chi connectivity index (χ3v) is 8.37. The zero-order valence-electron chi connectivity index (χ0n) is 18.5. The summed E-state index contributed by atoms with van der Waals surface area (Å²) in [6.45, 7) is 7.02. The largest absolute Gasteiger partial charge is 0.376 e. The van der Waals surface area contributed by atoms with Crippen LogP contribution in [0.2, 0.25) is 0 Å². The molecule has 0 radical (unpaired) electrons. The van der Waals surface area contributed by atoms with Crippen molar-refractivity contribution in [2.24, 2.45) is 5.92 Å². The van der Waals surface area contributed by atoms with Gasteiger partial charge in [0.2, 0.25) is 5.91 Å². The van der Waals surface area contributed by atoms with E-state index in [1.54, 1.807) is 0 Å². The second-order valence-corrected chi connectivity index (χ2v) is 9.37. The Labute approximate surface area is 176 Å². The molecule has 29 heavy (non-hydrogen) atoms. The Kier molecular flexibility index (Phi) is 6.04. The number of aryl methyl sites for hydroxylation is 1. The molecule has 1 aliphatic carbocycles. The maximum atomic E-state index is 14.1. The van der Waals surface area contributed by atoms with E-state index in [9.17, 15) is 4.79 Å². The highest BCUT2D eigenvalue weighted by Crippen LogP contribution is 2.46. The number of amides is 1. The number of hydrogen-bond acceptors (Lipinski definition) is 3. The van der Waals surface area contributed by atoms with Gasteiger partial charge in [-0.15, -0.1) is 0 Å². The molecular formula is C25H38N2O2. The van der Waals surface area contributed by atoms with Crippen LogP contribution in [0.4, 0.5) is 0 Å². The third-order valence-electron chi connectivity index (χ3n) is 8.37. The van der Waals surface area contributed by atoms with Gasteiger partial charge in [-0.2, -0.15) is 0 Å². The number of hydrogen-bond donors (Lipinski definition) is 1. The first-order valence-electron chi connectivity index (χ1n) is 11.8. The second-order valence-electron chi connectivity index (χ2n) is 9.37. The fourth-order valence-corrected chi connectivity index (χ4v) is 6.67. The summed E-state index contributed by atoms with van der Waals surface area (Å²) >= 11 is 0. The SMILES string of the molecule is CCC(CC)(OC)C1CCCCN1C(=O)[C@@H]1CNC[C@@]12CCCc1ccccc12. The zero-order valence-corrected chi connectivity index (χ0v) is 18.5. The Bertz CT molecular complexity index is 721. The number of carbonyl (C=O) groups is 1. The van der Waals surface area contributed by atoms with Crippen molar-refractivity contribution < 1.29 is 9.53 Å². The number of ether oxygens (including phenoxy) is 1. The minimum absolute atomic E-state index is 0.0350. The number of rotatable bonds is 5. The van der Waals surface area contributed by atoms with E-state index >= 15 is 0 Å². The van der Waals surface area contributed by atoms with Crippen molar-refractivity contribution in [2.75, 3.05) is 26.7 Å². The van der Waals surface area contributed by atoms with Gasteiger partial charge < -0.3 is 15.0 Å². The highest BCUT2D eigenvalue weighted by atomic mass is 16.5. The van der Waals surface area contributed by atoms with Crippen LogP contribution in [-0.4, -0.2) is 49.2 Å². The molecule has 160 valence electrons. The first-order chi connectivity index (χ1) is 14.1. The molecule has 2 aliphatic heterocycles. The van der Waals surface area contributed by atoms with Crippen molar-refractivity contribution in [2.45, 2.75) is 82.3 Å². The van der Waals surface area contributed by atoms with Crippen molar-refractivity contribution in [1.82, 2.24) is 10.2 Å². The highest BCUT2D eigenvalue weighted by Gasteiger charge is 2.53. The standard InChI is InChI=1S/C25H38N2O2/c1-4-25(5-2,29-3)22-14-8-9-16-27(22)23(28)21-17-26-18-24(21)15-10-12-19-11-6-7-13-20(19)24/h6-7,11,13,21-22,26H,4-5,8-10,12,14-18H2,1-3H3/t21-,22?,24+/m0/s1. The predicted octanol–water partition coefficient (Wildman–Crippen LogP) is 4.07. The van der Waals surface area contributed by atoms with E-state index in [-0.39, 0.29) is 23.0 Å². The summed E-state index contributed by atoms with van der Waals surface area (Å²) < 4.78 is 6.10. The Morgan fingerprint density at radius 1 is 1.24 bits per heavy atom. The van der Waals surface area contributed by atoms with Crippen LogP contribution in [0.1, 0.15) is 69.9 Å². The maximum Gasteiger partial charge on any atom is 0.228 e. The zero-order chi connectivity index (χ0) is 20.5. The molecule has 1 amide bonds. The summed E-state index contributed by atoms with van der Waals surface area (Å²) in [5.41, 5.74) is 2.61. The van der Waals surface area contributed by atoms with Gasteiger partial charge in [-0.25, -0.2) is 0 Å². The number of nitrogens with one attached hydrogen (secondary N) is 1. The van der Waals surface area contributed by atoms with Gasteiger partial charge in [0.25, 0.3) is 0 Å². The van der Waals surface area contributed by atoms with Crippen LogP contribution < -0.4 is 5.32 Å². The summed E-state index contributed by atoms with van der Waals surface area (Å²) in [7, 11) is 1.83. The van der Waals surface area contributed by atoms with E-state index in [0.29, 0.717) is 5.91 Å². The minimum Gasteiger partial charge on any atom is -0.376 e. The molecule has 1 unspecified atom stereocenters. The van der Waals surface area contributed by atoms with E-state index in [1.807, 2.05) is 7.11 Å². The fourth-order valence-electron chi connectivity index (χ4n) is 6.67. The van der Waals surface area contributed by atoms with Gasteiger partial charge >= 0.3 is 0 Å². The molecule has 1 aromatic carbocycles. The number of carbonyl (C=O) groups excluding carboxylic acids is 1. The highest BCUT2D eigenvalue weighted by molar-refractivity contribution is 5.82. The van der Waals surface area contributed by atoms with E-state index in [2.05, 4.69) is 48.3 Å². The monoisotopic (exact) mass is 398 g/mol.